The molecule has 2 unspecified atom stereocenters. The van der Waals surface area contributed by atoms with E-state index in [4.69, 9.17) is 38.1 Å². The number of benzene rings is 1. The van der Waals surface area contributed by atoms with Crippen molar-refractivity contribution in [2.24, 2.45) is 5.73 Å². The van der Waals surface area contributed by atoms with Crippen LogP contribution in [0.3, 0.4) is 0 Å². The van der Waals surface area contributed by atoms with Crippen molar-refractivity contribution < 1.29 is 9.15 Å². The number of rotatable bonds is 5. The molecule has 0 saturated heterocycles. The fourth-order valence-electron chi connectivity index (χ4n) is 1.72. The van der Waals surface area contributed by atoms with Gasteiger partial charge < -0.3 is 14.9 Å². The van der Waals surface area contributed by atoms with E-state index < -0.39 is 0 Å². The Kier molecular flexibility index (Phi) is 4.75. The third kappa shape index (κ3) is 3.44. The largest absolute Gasteiger partial charge is 0.481 e. The van der Waals surface area contributed by atoms with Crippen LogP contribution in [0.15, 0.2) is 41.0 Å². The zero-order valence-electron chi connectivity index (χ0n) is 10.5. The van der Waals surface area contributed by atoms with Crippen LogP contribution in [0.2, 0.25) is 10.0 Å². The van der Waals surface area contributed by atoms with Crippen LogP contribution in [0.1, 0.15) is 25.2 Å². The molecule has 1 heterocycles. The Morgan fingerprint density at radius 1 is 1.26 bits per heavy atom. The van der Waals surface area contributed by atoms with Gasteiger partial charge in [-0.05, 0) is 30.7 Å². The van der Waals surface area contributed by atoms with Crippen molar-refractivity contribution in [3.8, 4) is 5.75 Å². The van der Waals surface area contributed by atoms with Crippen molar-refractivity contribution in [2.45, 2.75) is 25.5 Å². The summed E-state index contributed by atoms with van der Waals surface area (Å²) in [6.45, 7) is 2.00. The molecular formula is C14H15Cl2NO2. The summed E-state index contributed by atoms with van der Waals surface area (Å²) in [5.74, 6) is 1.31. The average Bonchev–Trinajstić information content (AvgIpc) is 2.93. The van der Waals surface area contributed by atoms with Crippen LogP contribution < -0.4 is 10.5 Å². The Labute approximate surface area is 122 Å². The van der Waals surface area contributed by atoms with Crippen LogP contribution in [0.5, 0.6) is 5.75 Å². The van der Waals surface area contributed by atoms with Crippen molar-refractivity contribution >= 4 is 23.2 Å². The van der Waals surface area contributed by atoms with Gasteiger partial charge in [-0.1, -0.05) is 30.1 Å². The normalized spacial score (nSPS) is 14.1. The van der Waals surface area contributed by atoms with Gasteiger partial charge in [-0.3, -0.25) is 0 Å². The van der Waals surface area contributed by atoms with E-state index in [0.29, 0.717) is 21.6 Å². The molecule has 1 aromatic carbocycles. The molecule has 0 aliphatic carbocycles. The SMILES string of the molecule is CCC(N)C(Oc1ccc(Cl)c(Cl)c1)c1ccco1. The number of ether oxygens (including phenoxy) is 1. The van der Waals surface area contributed by atoms with Crippen LogP contribution in [-0.2, 0) is 0 Å². The van der Waals surface area contributed by atoms with Gasteiger partial charge >= 0.3 is 0 Å². The highest BCUT2D eigenvalue weighted by atomic mass is 35.5. The van der Waals surface area contributed by atoms with E-state index in [-0.39, 0.29) is 12.1 Å². The summed E-state index contributed by atoms with van der Waals surface area (Å²) < 4.78 is 11.3. The van der Waals surface area contributed by atoms with Crippen LogP contribution in [0, 0.1) is 0 Å². The maximum atomic E-state index is 6.08. The minimum Gasteiger partial charge on any atom is -0.481 e. The zero-order chi connectivity index (χ0) is 13.8. The van der Waals surface area contributed by atoms with Crippen molar-refractivity contribution in [3.05, 3.63) is 52.4 Å². The molecule has 102 valence electrons. The molecule has 2 aromatic rings. The van der Waals surface area contributed by atoms with E-state index in [0.717, 1.165) is 6.42 Å². The molecule has 2 N–H and O–H groups in total. The lowest BCUT2D eigenvalue weighted by molar-refractivity contribution is 0.145. The minimum atomic E-state index is -0.350. The third-order valence-electron chi connectivity index (χ3n) is 2.84. The van der Waals surface area contributed by atoms with Crippen molar-refractivity contribution in [1.29, 1.82) is 0 Å². The Morgan fingerprint density at radius 2 is 2.05 bits per heavy atom. The Morgan fingerprint density at radius 3 is 2.63 bits per heavy atom. The van der Waals surface area contributed by atoms with Crippen LogP contribution in [0.25, 0.3) is 0 Å². The third-order valence-corrected chi connectivity index (χ3v) is 3.58. The molecule has 0 fully saturated rings. The molecule has 0 saturated carbocycles. The Balaban J connectivity index is 2.23. The predicted octanol–water partition coefficient (Wildman–Crippen LogP) is 4.44. The van der Waals surface area contributed by atoms with Gasteiger partial charge in [-0.2, -0.15) is 0 Å². The van der Waals surface area contributed by atoms with Gasteiger partial charge in [0.2, 0.25) is 0 Å². The number of halogens is 2. The van der Waals surface area contributed by atoms with Crippen molar-refractivity contribution in [2.75, 3.05) is 0 Å². The first-order valence-electron chi connectivity index (χ1n) is 6.02. The minimum absolute atomic E-state index is 0.166. The highest BCUT2D eigenvalue weighted by molar-refractivity contribution is 6.42. The lowest BCUT2D eigenvalue weighted by Gasteiger charge is -2.22. The first-order valence-corrected chi connectivity index (χ1v) is 6.78. The molecule has 0 aliphatic rings. The summed E-state index contributed by atoms with van der Waals surface area (Å²) in [6.07, 6.45) is 2.02. The van der Waals surface area contributed by atoms with Gasteiger partial charge in [0, 0.05) is 12.1 Å². The maximum absolute atomic E-state index is 6.08. The van der Waals surface area contributed by atoms with Gasteiger partial charge in [-0.25, -0.2) is 0 Å². The molecule has 0 radical (unpaired) electrons. The summed E-state index contributed by atoms with van der Waals surface area (Å²) in [4.78, 5) is 0. The number of nitrogens with two attached hydrogens (primary N) is 1. The number of hydrogen-bond donors (Lipinski definition) is 1. The molecule has 19 heavy (non-hydrogen) atoms. The topological polar surface area (TPSA) is 48.4 Å². The molecule has 1 aromatic heterocycles. The monoisotopic (exact) mass is 299 g/mol. The highest BCUT2D eigenvalue weighted by Crippen LogP contribution is 2.30. The Hall–Kier alpha value is -1.16. The van der Waals surface area contributed by atoms with E-state index in [2.05, 4.69) is 0 Å². The number of furan rings is 1. The van der Waals surface area contributed by atoms with E-state index in [1.165, 1.54) is 0 Å². The standard InChI is InChI=1S/C14H15Cl2NO2/c1-2-12(17)14(13-4-3-7-18-13)19-9-5-6-10(15)11(16)8-9/h3-8,12,14H,2,17H2,1H3. The van der Waals surface area contributed by atoms with Gasteiger partial charge in [0.25, 0.3) is 0 Å². The van der Waals surface area contributed by atoms with Gasteiger partial charge in [0.1, 0.15) is 11.5 Å². The molecule has 5 heteroatoms. The van der Waals surface area contributed by atoms with E-state index in [1.54, 1.807) is 24.5 Å². The summed E-state index contributed by atoms with van der Waals surface area (Å²) in [5.41, 5.74) is 6.08. The summed E-state index contributed by atoms with van der Waals surface area (Å²) >= 11 is 11.8. The quantitative estimate of drug-likeness (QED) is 0.887. The van der Waals surface area contributed by atoms with E-state index >= 15 is 0 Å². The second-order valence-electron chi connectivity index (χ2n) is 4.20. The van der Waals surface area contributed by atoms with E-state index in [1.807, 2.05) is 19.1 Å². The van der Waals surface area contributed by atoms with Crippen LogP contribution in [-0.4, -0.2) is 6.04 Å². The molecule has 3 nitrogen and oxygen atoms in total. The fraction of sp³-hybridized carbons (Fsp3) is 0.286. The Bertz CT molecular complexity index is 528. The molecule has 0 bridgehead atoms. The maximum Gasteiger partial charge on any atom is 0.171 e. The molecular weight excluding hydrogens is 285 g/mol. The van der Waals surface area contributed by atoms with Gasteiger partial charge in [-0.15, -0.1) is 0 Å². The smallest absolute Gasteiger partial charge is 0.171 e. The second-order valence-corrected chi connectivity index (χ2v) is 5.02. The molecule has 2 atom stereocenters. The van der Waals surface area contributed by atoms with Crippen molar-refractivity contribution in [3.63, 3.8) is 0 Å². The fourth-order valence-corrected chi connectivity index (χ4v) is 2.01. The van der Waals surface area contributed by atoms with Crippen molar-refractivity contribution in [1.82, 2.24) is 0 Å². The lowest BCUT2D eigenvalue weighted by Crippen LogP contribution is -2.31. The molecule has 2 rings (SSSR count). The van der Waals surface area contributed by atoms with E-state index in [9.17, 15) is 0 Å². The van der Waals surface area contributed by atoms with Crippen LogP contribution >= 0.6 is 23.2 Å². The molecule has 0 aliphatic heterocycles. The summed E-state index contributed by atoms with van der Waals surface area (Å²) in [7, 11) is 0. The van der Waals surface area contributed by atoms with Crippen LogP contribution in [0.4, 0.5) is 0 Å². The molecule has 0 amide bonds. The first kappa shape index (κ1) is 14.3. The van der Waals surface area contributed by atoms with Gasteiger partial charge in [0.15, 0.2) is 6.10 Å². The predicted molar refractivity (Wildman–Crippen MR) is 76.8 cm³/mol. The van der Waals surface area contributed by atoms with Gasteiger partial charge in [0.05, 0.1) is 16.3 Å². The number of hydrogen-bond acceptors (Lipinski definition) is 3. The highest BCUT2D eigenvalue weighted by Gasteiger charge is 2.23. The first-order chi connectivity index (χ1) is 9.11. The average molecular weight is 300 g/mol. The summed E-state index contributed by atoms with van der Waals surface area (Å²) in [6, 6.07) is 8.60. The zero-order valence-corrected chi connectivity index (χ0v) is 12.0. The molecule has 0 spiro atoms. The lowest BCUT2D eigenvalue weighted by atomic mass is 10.1. The summed E-state index contributed by atoms with van der Waals surface area (Å²) in [5, 5.41) is 0.936. The second kappa shape index (κ2) is 6.33.